The molecule has 1 amide bonds. The first kappa shape index (κ1) is 11.8. The van der Waals surface area contributed by atoms with Crippen LogP contribution in [0.1, 0.15) is 12.8 Å². The third-order valence-electron chi connectivity index (χ3n) is 4.92. The van der Waals surface area contributed by atoms with Crippen molar-refractivity contribution in [3.05, 3.63) is 24.3 Å². The molecule has 5 atom stereocenters. The van der Waals surface area contributed by atoms with E-state index in [0.717, 1.165) is 12.8 Å². The summed E-state index contributed by atoms with van der Waals surface area (Å²) in [6.07, 6.45) is 1.80. The number of aromatic hydroxyl groups is 1. The summed E-state index contributed by atoms with van der Waals surface area (Å²) in [6, 6.07) is 6.35. The fourth-order valence-electron chi connectivity index (χ4n) is 4.13. The lowest BCUT2D eigenvalue weighted by atomic mass is 9.79. The van der Waals surface area contributed by atoms with Crippen molar-refractivity contribution < 1.29 is 19.4 Å². The van der Waals surface area contributed by atoms with Gasteiger partial charge in [0.15, 0.2) is 0 Å². The first-order valence-corrected chi connectivity index (χ1v) is 6.94. The standard InChI is InChI=1S/C15H15NO4/c17-9-3-1-8(2-4-9)16-14(18)12-7-5-10-11(6-7)20-15(19)13(10)12/h1-4,7,10-13,17H,5-6H2,(H,16,18)/t7-,10+,11-,12+,13+/m1/s1. The van der Waals surface area contributed by atoms with E-state index < -0.39 is 0 Å². The zero-order chi connectivity index (χ0) is 13.9. The Morgan fingerprint density at radius 1 is 1.25 bits per heavy atom. The van der Waals surface area contributed by atoms with Crippen LogP contribution >= 0.6 is 0 Å². The van der Waals surface area contributed by atoms with E-state index in [1.807, 2.05) is 0 Å². The van der Waals surface area contributed by atoms with Crippen molar-refractivity contribution in [3.63, 3.8) is 0 Å². The first-order chi connectivity index (χ1) is 9.63. The van der Waals surface area contributed by atoms with Crippen LogP contribution in [-0.2, 0) is 14.3 Å². The van der Waals surface area contributed by atoms with Gasteiger partial charge in [0.2, 0.25) is 5.91 Å². The Bertz CT molecular complexity index is 580. The Kier molecular flexibility index (Phi) is 2.34. The van der Waals surface area contributed by atoms with Crippen LogP contribution in [-0.4, -0.2) is 23.1 Å². The maximum atomic E-state index is 12.4. The number of benzene rings is 1. The molecule has 104 valence electrons. The molecule has 1 aliphatic heterocycles. The van der Waals surface area contributed by atoms with E-state index in [1.54, 1.807) is 12.1 Å². The number of nitrogens with one attached hydrogen (secondary N) is 1. The molecule has 2 saturated carbocycles. The molecular formula is C15H15NO4. The van der Waals surface area contributed by atoms with Crippen molar-refractivity contribution in [1.29, 1.82) is 0 Å². The van der Waals surface area contributed by atoms with Gasteiger partial charge in [-0.2, -0.15) is 0 Å². The van der Waals surface area contributed by atoms with E-state index >= 15 is 0 Å². The minimum Gasteiger partial charge on any atom is -0.508 e. The highest BCUT2D eigenvalue weighted by molar-refractivity contribution is 5.96. The summed E-state index contributed by atoms with van der Waals surface area (Å²) in [5.74, 6) is -0.168. The van der Waals surface area contributed by atoms with E-state index in [9.17, 15) is 14.7 Å². The van der Waals surface area contributed by atoms with Crippen LogP contribution < -0.4 is 5.32 Å². The monoisotopic (exact) mass is 273 g/mol. The number of hydrogen-bond acceptors (Lipinski definition) is 4. The molecule has 4 rings (SSSR count). The molecule has 1 heterocycles. The van der Waals surface area contributed by atoms with Gasteiger partial charge in [-0.05, 0) is 43.0 Å². The highest BCUT2D eigenvalue weighted by Gasteiger charge is 2.63. The minimum absolute atomic E-state index is 0.0511. The summed E-state index contributed by atoms with van der Waals surface area (Å²) in [4.78, 5) is 24.3. The van der Waals surface area contributed by atoms with Gasteiger partial charge in [-0.1, -0.05) is 0 Å². The Hall–Kier alpha value is -2.04. The van der Waals surface area contributed by atoms with Gasteiger partial charge >= 0.3 is 5.97 Å². The Labute approximate surface area is 115 Å². The van der Waals surface area contributed by atoms with Gasteiger partial charge < -0.3 is 15.2 Å². The molecular weight excluding hydrogens is 258 g/mol. The Morgan fingerprint density at radius 2 is 2.00 bits per heavy atom. The number of carbonyl (C=O) groups excluding carboxylic acids is 2. The SMILES string of the molecule is O=C(Nc1ccc(O)cc1)[C@H]1[C@@H]2C[C@@H]3[C@@H]1C(=O)O[C@@H]3C2. The number of anilines is 1. The highest BCUT2D eigenvalue weighted by atomic mass is 16.6. The fraction of sp³-hybridized carbons (Fsp3) is 0.467. The summed E-state index contributed by atoms with van der Waals surface area (Å²) in [5, 5.41) is 12.1. The molecule has 3 aliphatic rings. The topological polar surface area (TPSA) is 75.6 Å². The summed E-state index contributed by atoms with van der Waals surface area (Å²) in [6.45, 7) is 0. The number of carbonyl (C=O) groups is 2. The van der Waals surface area contributed by atoms with Gasteiger partial charge in [-0.25, -0.2) is 0 Å². The van der Waals surface area contributed by atoms with E-state index in [4.69, 9.17) is 4.74 Å². The van der Waals surface area contributed by atoms with Crippen LogP contribution in [0.3, 0.4) is 0 Å². The smallest absolute Gasteiger partial charge is 0.310 e. The number of amides is 1. The normalized spacial score (nSPS) is 37.0. The molecule has 1 saturated heterocycles. The van der Waals surface area contributed by atoms with Crippen molar-refractivity contribution in [1.82, 2.24) is 0 Å². The van der Waals surface area contributed by atoms with Gasteiger partial charge in [-0.15, -0.1) is 0 Å². The van der Waals surface area contributed by atoms with Crippen molar-refractivity contribution in [2.75, 3.05) is 5.32 Å². The molecule has 0 spiro atoms. The van der Waals surface area contributed by atoms with Gasteiger partial charge in [-0.3, -0.25) is 9.59 Å². The first-order valence-electron chi connectivity index (χ1n) is 6.94. The highest BCUT2D eigenvalue weighted by Crippen LogP contribution is 2.57. The van der Waals surface area contributed by atoms with Crippen LogP contribution in [0.25, 0.3) is 0 Å². The number of esters is 1. The molecule has 1 aromatic carbocycles. The van der Waals surface area contributed by atoms with Gasteiger partial charge in [0.25, 0.3) is 0 Å². The molecule has 0 unspecified atom stereocenters. The van der Waals surface area contributed by atoms with Crippen molar-refractivity contribution in [2.45, 2.75) is 18.9 Å². The second-order valence-corrected chi connectivity index (χ2v) is 5.96. The van der Waals surface area contributed by atoms with Crippen molar-refractivity contribution in [2.24, 2.45) is 23.7 Å². The maximum Gasteiger partial charge on any atom is 0.310 e. The van der Waals surface area contributed by atoms with E-state index in [-0.39, 0.29) is 47.4 Å². The molecule has 2 N–H and O–H groups in total. The maximum absolute atomic E-state index is 12.4. The van der Waals surface area contributed by atoms with Crippen molar-refractivity contribution >= 4 is 17.6 Å². The predicted octanol–water partition coefficient (Wildman–Crippen LogP) is 1.53. The van der Waals surface area contributed by atoms with E-state index in [0.29, 0.717) is 5.69 Å². The minimum atomic E-state index is -0.264. The van der Waals surface area contributed by atoms with E-state index in [1.165, 1.54) is 12.1 Å². The molecule has 2 bridgehead atoms. The quantitative estimate of drug-likeness (QED) is 0.633. The van der Waals surface area contributed by atoms with Crippen molar-refractivity contribution in [3.8, 4) is 5.75 Å². The zero-order valence-corrected chi connectivity index (χ0v) is 10.8. The number of hydrogen-bond donors (Lipinski definition) is 2. The Morgan fingerprint density at radius 3 is 2.75 bits per heavy atom. The molecule has 5 heteroatoms. The lowest BCUT2D eigenvalue weighted by Crippen LogP contribution is -2.35. The average molecular weight is 273 g/mol. The molecule has 0 radical (unpaired) electrons. The zero-order valence-electron chi connectivity index (χ0n) is 10.8. The number of phenolic OH excluding ortho intramolecular Hbond substituents is 1. The molecule has 1 aromatic rings. The average Bonchev–Trinajstić information content (AvgIpc) is 3.02. The summed E-state index contributed by atoms with van der Waals surface area (Å²) in [7, 11) is 0. The number of rotatable bonds is 2. The number of phenols is 1. The largest absolute Gasteiger partial charge is 0.508 e. The Balaban J connectivity index is 1.54. The second-order valence-electron chi connectivity index (χ2n) is 5.96. The third-order valence-corrected chi connectivity index (χ3v) is 4.92. The number of ether oxygens (including phenoxy) is 1. The van der Waals surface area contributed by atoms with Crippen LogP contribution in [0, 0.1) is 23.7 Å². The molecule has 2 aliphatic carbocycles. The molecule has 20 heavy (non-hydrogen) atoms. The third kappa shape index (κ3) is 1.55. The van der Waals surface area contributed by atoms with Crippen LogP contribution in [0.15, 0.2) is 24.3 Å². The van der Waals surface area contributed by atoms with E-state index in [2.05, 4.69) is 5.32 Å². The van der Waals surface area contributed by atoms with Gasteiger partial charge in [0, 0.05) is 11.6 Å². The lowest BCUT2D eigenvalue weighted by Gasteiger charge is -2.23. The van der Waals surface area contributed by atoms with Gasteiger partial charge in [0.1, 0.15) is 11.9 Å². The molecule has 0 aromatic heterocycles. The van der Waals surface area contributed by atoms with Crippen LogP contribution in [0.4, 0.5) is 5.69 Å². The summed E-state index contributed by atoms with van der Waals surface area (Å²) >= 11 is 0. The lowest BCUT2D eigenvalue weighted by molar-refractivity contribution is -0.145. The second kappa shape index (κ2) is 3.98. The summed E-state index contributed by atoms with van der Waals surface area (Å²) < 4.78 is 5.33. The van der Waals surface area contributed by atoms with Gasteiger partial charge in [0.05, 0.1) is 11.8 Å². The molecule has 3 fully saturated rings. The predicted molar refractivity (Wildman–Crippen MR) is 69.8 cm³/mol. The molecule has 5 nitrogen and oxygen atoms in total. The number of fused-ring (bicyclic) bond motifs is 1. The fourth-order valence-corrected chi connectivity index (χ4v) is 4.13. The summed E-state index contributed by atoms with van der Waals surface area (Å²) in [5.41, 5.74) is 0.637. The van der Waals surface area contributed by atoms with Crippen LogP contribution in [0.5, 0.6) is 5.75 Å². The van der Waals surface area contributed by atoms with Crippen LogP contribution in [0.2, 0.25) is 0 Å².